The fourth-order valence-electron chi connectivity index (χ4n) is 1.77. The summed E-state index contributed by atoms with van der Waals surface area (Å²) in [6.45, 7) is 0. The zero-order chi connectivity index (χ0) is 14.9. The molecule has 1 aromatic heterocycles. The monoisotopic (exact) mass is 315 g/mol. The van der Waals surface area contributed by atoms with Crippen LogP contribution in [0.5, 0.6) is 17.2 Å². The molecule has 0 fully saturated rings. The second-order valence-corrected chi connectivity index (χ2v) is 4.66. The van der Waals surface area contributed by atoms with Gasteiger partial charge in [-0.15, -0.1) is 0 Å². The predicted molar refractivity (Wildman–Crippen MR) is 75.5 cm³/mol. The van der Waals surface area contributed by atoms with Crippen molar-refractivity contribution in [2.24, 2.45) is 0 Å². The lowest BCUT2D eigenvalue weighted by Crippen LogP contribution is -2.03. The van der Waals surface area contributed by atoms with Crippen LogP contribution in [0.25, 0.3) is 0 Å². The quantitative estimate of drug-likeness (QED) is 0.849. The summed E-state index contributed by atoms with van der Waals surface area (Å²) in [5, 5.41) is 10.5. The van der Waals surface area contributed by atoms with Crippen LogP contribution in [0.3, 0.4) is 0 Å². The Kier molecular flexibility index (Phi) is 4.11. The van der Waals surface area contributed by atoms with Gasteiger partial charge in [-0.1, -0.05) is 23.2 Å². The van der Waals surface area contributed by atoms with Crippen molar-refractivity contribution in [3.63, 3.8) is 0 Å². The average molecular weight is 316 g/mol. The molecule has 0 atom stereocenters. The molecule has 2 aromatic rings. The second kappa shape index (κ2) is 5.64. The van der Waals surface area contributed by atoms with Gasteiger partial charge in [-0.05, 0) is 18.2 Å². The maximum absolute atomic E-state index is 12.3. The fraction of sp³-hybridized carbons (Fsp3) is 0.154. The first-order chi connectivity index (χ1) is 9.49. The van der Waals surface area contributed by atoms with E-state index in [1.165, 1.54) is 32.4 Å². The number of aromatic amines is 1. The van der Waals surface area contributed by atoms with Crippen LogP contribution in [0.2, 0.25) is 10.2 Å². The van der Waals surface area contributed by atoms with Crippen molar-refractivity contribution in [3.05, 3.63) is 39.6 Å². The molecule has 1 heterocycles. The number of carbonyl (C=O) groups excluding carboxylic acids is 1. The van der Waals surface area contributed by atoms with E-state index in [2.05, 4.69) is 4.98 Å². The summed E-state index contributed by atoms with van der Waals surface area (Å²) in [7, 11) is 2.80. The van der Waals surface area contributed by atoms with E-state index in [4.69, 9.17) is 32.7 Å². The second-order valence-electron chi connectivity index (χ2n) is 3.87. The van der Waals surface area contributed by atoms with Crippen LogP contribution < -0.4 is 9.47 Å². The third kappa shape index (κ3) is 2.42. The van der Waals surface area contributed by atoms with Gasteiger partial charge in [-0.2, -0.15) is 0 Å². The zero-order valence-electron chi connectivity index (χ0n) is 10.7. The first-order valence-corrected chi connectivity index (χ1v) is 6.27. The van der Waals surface area contributed by atoms with Crippen LogP contribution in [-0.2, 0) is 0 Å². The number of hydrogen-bond donors (Lipinski definition) is 2. The van der Waals surface area contributed by atoms with Crippen molar-refractivity contribution >= 4 is 29.0 Å². The Bertz CT molecular complexity index is 647. The van der Waals surface area contributed by atoms with Crippen molar-refractivity contribution in [3.8, 4) is 17.2 Å². The van der Waals surface area contributed by atoms with E-state index in [1.807, 2.05) is 0 Å². The number of ketones is 1. The fourth-order valence-corrected chi connectivity index (χ4v) is 2.08. The molecular weight excluding hydrogens is 305 g/mol. The SMILES string of the molecule is COc1ccc(C(=O)c2cc(Cl)c(Cl)[nH]2)c(O)c1OC. The number of rotatable bonds is 4. The van der Waals surface area contributed by atoms with E-state index in [9.17, 15) is 9.90 Å². The lowest BCUT2D eigenvalue weighted by molar-refractivity contribution is 0.103. The number of H-pyrrole nitrogens is 1. The van der Waals surface area contributed by atoms with E-state index in [0.29, 0.717) is 5.75 Å². The highest BCUT2D eigenvalue weighted by atomic mass is 35.5. The van der Waals surface area contributed by atoms with Gasteiger partial charge in [-0.3, -0.25) is 4.79 Å². The molecule has 0 aliphatic heterocycles. The maximum Gasteiger partial charge on any atom is 0.213 e. The molecule has 0 aliphatic carbocycles. The van der Waals surface area contributed by atoms with Crippen molar-refractivity contribution in [2.75, 3.05) is 14.2 Å². The molecule has 0 saturated heterocycles. The first-order valence-electron chi connectivity index (χ1n) is 5.52. The van der Waals surface area contributed by atoms with Crippen LogP contribution in [0.15, 0.2) is 18.2 Å². The number of phenolic OH excluding ortho intramolecular Hbond substituents is 1. The molecule has 0 aliphatic rings. The summed E-state index contributed by atoms with van der Waals surface area (Å²) in [6.07, 6.45) is 0. The van der Waals surface area contributed by atoms with Crippen LogP contribution in [0, 0.1) is 0 Å². The molecule has 5 nitrogen and oxygen atoms in total. The van der Waals surface area contributed by atoms with Gasteiger partial charge in [0.1, 0.15) is 5.15 Å². The molecule has 0 amide bonds. The normalized spacial score (nSPS) is 10.4. The van der Waals surface area contributed by atoms with Gasteiger partial charge in [-0.25, -0.2) is 0 Å². The Morgan fingerprint density at radius 2 is 1.95 bits per heavy atom. The molecule has 0 bridgehead atoms. The van der Waals surface area contributed by atoms with Gasteiger partial charge in [0.15, 0.2) is 11.5 Å². The number of methoxy groups -OCH3 is 2. The van der Waals surface area contributed by atoms with Crippen LogP contribution in [0.1, 0.15) is 16.1 Å². The van der Waals surface area contributed by atoms with Crippen molar-refractivity contribution in [1.29, 1.82) is 0 Å². The van der Waals surface area contributed by atoms with E-state index >= 15 is 0 Å². The van der Waals surface area contributed by atoms with E-state index in [0.717, 1.165) is 0 Å². The summed E-state index contributed by atoms with van der Waals surface area (Å²) in [5.41, 5.74) is 0.222. The summed E-state index contributed by atoms with van der Waals surface area (Å²) in [4.78, 5) is 14.9. The van der Waals surface area contributed by atoms with Gasteiger partial charge in [0.05, 0.1) is 30.5 Å². The Labute approximate surface area is 125 Å². The number of carbonyl (C=O) groups is 1. The lowest BCUT2D eigenvalue weighted by atomic mass is 10.1. The highest BCUT2D eigenvalue weighted by Gasteiger charge is 2.22. The van der Waals surface area contributed by atoms with Crippen molar-refractivity contribution in [1.82, 2.24) is 4.98 Å². The number of benzene rings is 1. The standard InChI is InChI=1S/C13H11Cl2NO4/c1-19-9-4-3-6(11(18)12(9)20-2)10(17)8-5-7(14)13(15)16-8/h3-5,16,18H,1-2H3. The highest BCUT2D eigenvalue weighted by Crippen LogP contribution is 2.39. The van der Waals surface area contributed by atoms with Crippen LogP contribution in [0.4, 0.5) is 0 Å². The van der Waals surface area contributed by atoms with Crippen molar-refractivity contribution < 1.29 is 19.4 Å². The topological polar surface area (TPSA) is 71.6 Å². The minimum atomic E-state index is -0.461. The van der Waals surface area contributed by atoms with Crippen molar-refractivity contribution in [2.45, 2.75) is 0 Å². The Morgan fingerprint density at radius 1 is 1.25 bits per heavy atom. The highest BCUT2D eigenvalue weighted by molar-refractivity contribution is 6.41. The number of halogens is 2. The largest absolute Gasteiger partial charge is 0.504 e. The van der Waals surface area contributed by atoms with E-state index in [-0.39, 0.29) is 32.9 Å². The predicted octanol–water partition coefficient (Wildman–Crippen LogP) is 3.28. The molecular formula is C13H11Cl2NO4. The minimum Gasteiger partial charge on any atom is -0.504 e. The number of aromatic hydroxyl groups is 1. The third-order valence-corrected chi connectivity index (χ3v) is 3.43. The van der Waals surface area contributed by atoms with Gasteiger partial charge >= 0.3 is 0 Å². The molecule has 7 heteroatoms. The summed E-state index contributed by atoms with van der Waals surface area (Å²) in [6, 6.07) is 4.35. The number of hydrogen-bond acceptors (Lipinski definition) is 4. The molecule has 0 unspecified atom stereocenters. The number of phenols is 1. The molecule has 0 radical (unpaired) electrons. The molecule has 0 saturated carbocycles. The molecule has 2 N–H and O–H groups in total. The van der Waals surface area contributed by atoms with Crippen LogP contribution >= 0.6 is 23.2 Å². The van der Waals surface area contributed by atoms with Gasteiger partial charge in [0.2, 0.25) is 11.5 Å². The first kappa shape index (κ1) is 14.6. The maximum atomic E-state index is 12.3. The van der Waals surface area contributed by atoms with E-state index in [1.54, 1.807) is 0 Å². The molecule has 1 aromatic carbocycles. The Hall–Kier alpha value is -1.85. The van der Waals surface area contributed by atoms with E-state index < -0.39 is 5.78 Å². The van der Waals surface area contributed by atoms with Gasteiger partial charge in [0.25, 0.3) is 0 Å². The number of aromatic nitrogens is 1. The number of nitrogens with one attached hydrogen (secondary N) is 1. The summed E-state index contributed by atoms with van der Waals surface area (Å²) < 4.78 is 10.1. The lowest BCUT2D eigenvalue weighted by Gasteiger charge is -2.11. The molecule has 2 rings (SSSR count). The Balaban J connectivity index is 2.50. The Morgan fingerprint density at radius 3 is 2.45 bits per heavy atom. The summed E-state index contributed by atoms with van der Waals surface area (Å²) >= 11 is 11.5. The minimum absolute atomic E-state index is 0.0530. The number of ether oxygens (including phenoxy) is 2. The summed E-state index contributed by atoms with van der Waals surface area (Å²) in [5.74, 6) is -0.359. The molecule has 0 spiro atoms. The van der Waals surface area contributed by atoms with Gasteiger partial charge < -0.3 is 19.6 Å². The molecule has 20 heavy (non-hydrogen) atoms. The van der Waals surface area contributed by atoms with Gasteiger partial charge in [0, 0.05) is 0 Å². The average Bonchev–Trinajstić information content (AvgIpc) is 2.77. The third-order valence-electron chi connectivity index (χ3n) is 2.73. The zero-order valence-corrected chi connectivity index (χ0v) is 12.2. The molecule has 106 valence electrons. The smallest absolute Gasteiger partial charge is 0.213 e. The van der Waals surface area contributed by atoms with Crippen LogP contribution in [-0.4, -0.2) is 30.1 Å².